The number of hydrogen-bond donors (Lipinski definition) is 1. The van der Waals surface area contributed by atoms with Crippen molar-refractivity contribution >= 4 is 39.6 Å². The molecule has 0 atom stereocenters. The lowest BCUT2D eigenvalue weighted by molar-refractivity contribution is -0.111. The zero-order valence-electron chi connectivity index (χ0n) is 20.5. The van der Waals surface area contributed by atoms with Crippen LogP contribution in [0.5, 0.6) is 0 Å². The van der Waals surface area contributed by atoms with Crippen molar-refractivity contribution in [3.8, 4) is 6.07 Å². The minimum Gasteiger partial charge on any atom is -0.462 e. The molecule has 6 nitrogen and oxygen atoms in total. The molecule has 0 fully saturated rings. The number of anilines is 2. The lowest BCUT2D eigenvalue weighted by Crippen LogP contribution is -2.20. The highest BCUT2D eigenvalue weighted by molar-refractivity contribution is 6.08. The number of fused-ring (bicyclic) bond motifs is 1. The first-order chi connectivity index (χ1) is 16.9. The number of allylic oxidation sites excluding steroid dienone is 1. The van der Waals surface area contributed by atoms with Crippen molar-refractivity contribution in [2.45, 2.75) is 33.1 Å². The maximum absolute atomic E-state index is 12.8. The molecule has 0 aliphatic rings. The number of ether oxygens (including phenoxy) is 1. The van der Waals surface area contributed by atoms with Gasteiger partial charge in [-0.15, -0.1) is 0 Å². The minimum atomic E-state index is -0.488. The van der Waals surface area contributed by atoms with Gasteiger partial charge in [-0.2, -0.15) is 5.26 Å². The van der Waals surface area contributed by atoms with E-state index in [2.05, 4.69) is 23.5 Å². The van der Waals surface area contributed by atoms with E-state index in [1.807, 2.05) is 55.3 Å². The van der Waals surface area contributed by atoms with Gasteiger partial charge in [0.15, 0.2) is 0 Å². The van der Waals surface area contributed by atoms with E-state index in [4.69, 9.17) is 10.00 Å². The van der Waals surface area contributed by atoms with E-state index in [-0.39, 0.29) is 12.5 Å². The summed E-state index contributed by atoms with van der Waals surface area (Å²) in [6.45, 7) is 4.63. The predicted octanol–water partition coefficient (Wildman–Crippen LogP) is 6.19. The van der Waals surface area contributed by atoms with Gasteiger partial charge in [0, 0.05) is 31.8 Å². The number of benzene rings is 3. The van der Waals surface area contributed by atoms with Gasteiger partial charge in [0.2, 0.25) is 5.91 Å². The highest BCUT2D eigenvalue weighted by atomic mass is 16.5. The maximum Gasteiger partial charge on any atom is 0.340 e. The van der Waals surface area contributed by atoms with Gasteiger partial charge in [-0.3, -0.25) is 4.79 Å². The number of nitriles is 1. The smallest absolute Gasteiger partial charge is 0.340 e. The normalized spacial score (nSPS) is 11.1. The van der Waals surface area contributed by atoms with Crippen molar-refractivity contribution in [1.29, 1.82) is 5.26 Å². The maximum atomic E-state index is 12.8. The summed E-state index contributed by atoms with van der Waals surface area (Å²) >= 11 is 0. The molecule has 0 aromatic heterocycles. The number of carbonyl (C=O) groups excluding carboxylic acids is 2. The van der Waals surface area contributed by atoms with Crippen molar-refractivity contribution in [2.24, 2.45) is 0 Å². The number of rotatable bonds is 10. The summed E-state index contributed by atoms with van der Waals surface area (Å²) in [5.74, 6) is -0.809. The molecular weight excluding hydrogens is 438 g/mol. The third-order valence-electron chi connectivity index (χ3n) is 5.78. The van der Waals surface area contributed by atoms with E-state index in [0.29, 0.717) is 17.7 Å². The lowest BCUT2D eigenvalue weighted by Gasteiger charge is -2.21. The summed E-state index contributed by atoms with van der Waals surface area (Å²) in [6, 6.07) is 21.6. The Morgan fingerprint density at radius 3 is 2.57 bits per heavy atom. The van der Waals surface area contributed by atoms with Crippen LogP contribution in [-0.4, -0.2) is 32.1 Å². The quantitative estimate of drug-likeness (QED) is 0.217. The number of esters is 1. The van der Waals surface area contributed by atoms with Crippen LogP contribution in [0.2, 0.25) is 0 Å². The number of nitrogens with one attached hydrogen (secondary N) is 1. The molecule has 0 aliphatic carbocycles. The molecule has 0 aliphatic heterocycles. The van der Waals surface area contributed by atoms with Crippen LogP contribution in [0.3, 0.4) is 0 Å². The Hall–Kier alpha value is -4.11. The Morgan fingerprint density at radius 1 is 1.06 bits per heavy atom. The Bertz CT molecular complexity index is 1270. The SMILES string of the molecule is CCOC(=O)c1cc(N(C)CCCCC#N)ccc1NC(=O)C=C(C)c1ccc2ccccc2c1. The van der Waals surface area contributed by atoms with Crippen LogP contribution in [0, 0.1) is 11.3 Å². The number of unbranched alkanes of at least 4 members (excludes halogenated alkanes) is 2. The summed E-state index contributed by atoms with van der Waals surface area (Å²) in [6.07, 6.45) is 3.76. The average Bonchev–Trinajstić information content (AvgIpc) is 2.86. The molecule has 0 spiro atoms. The summed E-state index contributed by atoms with van der Waals surface area (Å²) in [5.41, 5.74) is 3.32. The fraction of sp³-hybridized carbons (Fsp3) is 0.276. The van der Waals surface area contributed by atoms with E-state index >= 15 is 0 Å². The molecule has 0 radical (unpaired) electrons. The number of nitrogens with zero attached hydrogens (tertiary/aromatic N) is 2. The first-order valence-electron chi connectivity index (χ1n) is 11.8. The van der Waals surface area contributed by atoms with Gasteiger partial charge in [0.05, 0.1) is 23.9 Å². The molecule has 0 bridgehead atoms. The summed E-state index contributed by atoms with van der Waals surface area (Å²) in [7, 11) is 1.94. The summed E-state index contributed by atoms with van der Waals surface area (Å²) in [5, 5.41) is 13.8. The van der Waals surface area contributed by atoms with E-state index in [9.17, 15) is 9.59 Å². The second-order valence-corrected chi connectivity index (χ2v) is 8.37. The van der Waals surface area contributed by atoms with Gasteiger partial charge < -0.3 is 15.0 Å². The van der Waals surface area contributed by atoms with Crippen molar-refractivity contribution in [1.82, 2.24) is 0 Å². The molecule has 1 amide bonds. The first kappa shape index (κ1) is 25.5. The van der Waals surface area contributed by atoms with Gasteiger partial charge in [-0.1, -0.05) is 36.4 Å². The van der Waals surface area contributed by atoms with Crippen LogP contribution in [0.25, 0.3) is 16.3 Å². The molecule has 1 N–H and O–H groups in total. The van der Waals surface area contributed by atoms with E-state index in [0.717, 1.165) is 47.0 Å². The number of carbonyl (C=O) groups is 2. The largest absolute Gasteiger partial charge is 0.462 e. The van der Waals surface area contributed by atoms with Gasteiger partial charge in [-0.05, 0) is 72.9 Å². The van der Waals surface area contributed by atoms with Gasteiger partial charge in [0.25, 0.3) is 0 Å². The van der Waals surface area contributed by atoms with Crippen molar-refractivity contribution in [3.05, 3.63) is 77.9 Å². The summed E-state index contributed by atoms with van der Waals surface area (Å²) < 4.78 is 5.23. The Morgan fingerprint density at radius 2 is 1.83 bits per heavy atom. The van der Waals surface area contributed by atoms with Gasteiger partial charge in [-0.25, -0.2) is 4.79 Å². The van der Waals surface area contributed by atoms with Crippen molar-refractivity contribution < 1.29 is 14.3 Å². The molecule has 3 aromatic carbocycles. The second kappa shape index (κ2) is 12.4. The standard InChI is InChI=1S/C29H31N3O3/c1-4-35-29(34)26-20-25(32(3)17-9-5-8-16-30)14-15-27(26)31-28(33)18-21(2)23-13-12-22-10-6-7-11-24(22)19-23/h6-7,10-15,18-20H,4-5,8-9,17H2,1-3H3,(H,31,33). The van der Waals surface area contributed by atoms with Crippen LogP contribution < -0.4 is 10.2 Å². The second-order valence-electron chi connectivity index (χ2n) is 8.37. The Labute approximate surface area is 206 Å². The zero-order valence-corrected chi connectivity index (χ0v) is 20.5. The highest BCUT2D eigenvalue weighted by Crippen LogP contribution is 2.25. The lowest BCUT2D eigenvalue weighted by atomic mass is 10.0. The average molecular weight is 470 g/mol. The fourth-order valence-corrected chi connectivity index (χ4v) is 3.82. The van der Waals surface area contributed by atoms with Crippen molar-refractivity contribution in [3.63, 3.8) is 0 Å². The van der Waals surface area contributed by atoms with Crippen LogP contribution in [-0.2, 0) is 9.53 Å². The first-order valence-corrected chi connectivity index (χ1v) is 11.8. The predicted molar refractivity (Wildman–Crippen MR) is 141 cm³/mol. The minimum absolute atomic E-state index is 0.238. The molecule has 0 saturated carbocycles. The van der Waals surface area contributed by atoms with Crippen LogP contribution in [0.4, 0.5) is 11.4 Å². The van der Waals surface area contributed by atoms with Crippen LogP contribution >= 0.6 is 0 Å². The molecule has 3 rings (SSSR count). The summed E-state index contributed by atoms with van der Waals surface area (Å²) in [4.78, 5) is 27.5. The fourth-order valence-electron chi connectivity index (χ4n) is 3.82. The molecule has 0 unspecified atom stereocenters. The molecule has 3 aromatic rings. The molecule has 0 heterocycles. The highest BCUT2D eigenvalue weighted by Gasteiger charge is 2.16. The molecular formula is C29H31N3O3. The monoisotopic (exact) mass is 469 g/mol. The Balaban J connectivity index is 1.79. The third-order valence-corrected chi connectivity index (χ3v) is 5.78. The Kier molecular flexibility index (Phi) is 9.02. The van der Waals surface area contributed by atoms with Gasteiger partial charge >= 0.3 is 5.97 Å². The zero-order chi connectivity index (χ0) is 25.2. The van der Waals surface area contributed by atoms with Crippen molar-refractivity contribution in [2.75, 3.05) is 30.4 Å². The number of hydrogen-bond acceptors (Lipinski definition) is 5. The third kappa shape index (κ3) is 6.94. The molecule has 6 heteroatoms. The topological polar surface area (TPSA) is 82.4 Å². The van der Waals surface area contributed by atoms with Crippen LogP contribution in [0.15, 0.2) is 66.7 Å². The molecule has 180 valence electrons. The van der Waals surface area contributed by atoms with Crippen LogP contribution in [0.1, 0.15) is 49.0 Å². The van der Waals surface area contributed by atoms with Gasteiger partial charge in [0.1, 0.15) is 0 Å². The molecule has 35 heavy (non-hydrogen) atoms. The van der Waals surface area contributed by atoms with E-state index in [1.54, 1.807) is 19.1 Å². The number of amides is 1. The molecule has 0 saturated heterocycles. The van der Waals surface area contributed by atoms with E-state index in [1.165, 1.54) is 6.08 Å². The van der Waals surface area contributed by atoms with E-state index < -0.39 is 5.97 Å².